The van der Waals surface area contributed by atoms with Crippen LogP contribution in [0.25, 0.3) is 15.7 Å². The average Bonchev–Trinajstić information content (AvgIpc) is 3.23. The van der Waals surface area contributed by atoms with Crippen LogP contribution in [0.15, 0.2) is 30.5 Å². The number of nitrogens with zero attached hydrogens (tertiary/aromatic N) is 5. The highest BCUT2D eigenvalue weighted by Crippen LogP contribution is 2.29. The minimum atomic E-state index is -0.0190. The summed E-state index contributed by atoms with van der Waals surface area (Å²) in [7, 11) is 3.46. The van der Waals surface area contributed by atoms with Crippen LogP contribution >= 0.6 is 11.3 Å². The Morgan fingerprint density at radius 2 is 2.25 bits per heavy atom. The molecule has 1 aromatic carbocycles. The van der Waals surface area contributed by atoms with E-state index in [4.69, 9.17) is 5.26 Å². The molecule has 0 saturated carbocycles. The molecule has 0 aliphatic rings. The molecule has 8 nitrogen and oxygen atoms in total. The molecular weight excluding hydrogens is 326 g/mol. The number of hydrogen-bond donors (Lipinski definition) is 2. The van der Waals surface area contributed by atoms with Gasteiger partial charge in [0.05, 0.1) is 4.88 Å². The van der Waals surface area contributed by atoms with E-state index in [0.29, 0.717) is 4.88 Å². The summed E-state index contributed by atoms with van der Waals surface area (Å²) in [6.07, 6.45) is 1.52. The number of amides is 1. The fourth-order valence-electron chi connectivity index (χ4n) is 2.04. The summed E-state index contributed by atoms with van der Waals surface area (Å²) in [4.78, 5) is 14.3. The summed E-state index contributed by atoms with van der Waals surface area (Å²) in [6.45, 7) is 0. The summed E-state index contributed by atoms with van der Waals surface area (Å²) in [5.41, 5.74) is 1.05. The van der Waals surface area contributed by atoms with Crippen LogP contribution < -0.4 is 5.32 Å². The van der Waals surface area contributed by atoms with Gasteiger partial charge in [0.2, 0.25) is 5.82 Å². The van der Waals surface area contributed by atoms with Crippen LogP contribution in [0.5, 0.6) is 0 Å². The van der Waals surface area contributed by atoms with Crippen molar-refractivity contribution in [3.8, 4) is 6.07 Å². The lowest BCUT2D eigenvalue weighted by Gasteiger charge is -2.06. The highest BCUT2D eigenvalue weighted by Gasteiger charge is 2.12. The number of aromatic amines is 1. The lowest BCUT2D eigenvalue weighted by atomic mass is 10.2. The predicted molar refractivity (Wildman–Crippen MR) is 91.2 cm³/mol. The zero-order valence-corrected chi connectivity index (χ0v) is 13.8. The molecule has 2 aromatic heterocycles. The Labute approximate surface area is 141 Å². The monoisotopic (exact) mass is 339 g/mol. The molecule has 0 radical (unpaired) electrons. The normalized spacial score (nSPS) is 11.3. The molecule has 2 N–H and O–H groups in total. The second-order valence-corrected chi connectivity index (χ2v) is 6.20. The number of hydrogen-bond acceptors (Lipinski definition) is 7. The topological polar surface area (TPSA) is 111 Å². The average molecular weight is 339 g/mol. The number of allylic oxidation sites excluding steroid dienone is 1. The van der Waals surface area contributed by atoms with Crippen molar-refractivity contribution >= 4 is 38.6 Å². The van der Waals surface area contributed by atoms with E-state index in [1.807, 2.05) is 30.3 Å². The Bertz CT molecular complexity index is 950. The van der Waals surface area contributed by atoms with E-state index in [1.54, 1.807) is 19.0 Å². The Balaban J connectivity index is 1.86. The Hall–Kier alpha value is -3.25. The summed E-state index contributed by atoms with van der Waals surface area (Å²) >= 11 is 1.45. The number of aromatic nitrogens is 4. The quantitative estimate of drug-likeness (QED) is 0.704. The van der Waals surface area contributed by atoms with Gasteiger partial charge in [-0.15, -0.1) is 21.5 Å². The first kappa shape index (κ1) is 15.6. The number of carbonyl (C=O) groups is 1. The minimum Gasteiger partial charge on any atom is -0.360 e. The van der Waals surface area contributed by atoms with Gasteiger partial charge in [0, 0.05) is 30.7 Å². The van der Waals surface area contributed by atoms with E-state index in [2.05, 4.69) is 25.9 Å². The predicted octanol–water partition coefficient (Wildman–Crippen LogP) is 2.09. The molecule has 2 heterocycles. The third kappa shape index (κ3) is 3.09. The molecule has 0 bridgehead atoms. The molecule has 0 aliphatic carbocycles. The maximum Gasteiger partial charge on any atom is 0.263 e. The van der Waals surface area contributed by atoms with Crippen LogP contribution in [0.1, 0.15) is 15.5 Å². The third-order valence-electron chi connectivity index (χ3n) is 3.22. The number of tetrazole rings is 1. The van der Waals surface area contributed by atoms with Gasteiger partial charge in [-0.05, 0) is 34.9 Å². The van der Waals surface area contributed by atoms with Crippen molar-refractivity contribution in [3.63, 3.8) is 0 Å². The first-order valence-corrected chi connectivity index (χ1v) is 7.76. The number of nitrogens with one attached hydrogen (secondary N) is 2. The Kier molecular flexibility index (Phi) is 4.22. The Morgan fingerprint density at radius 3 is 2.92 bits per heavy atom. The number of fused-ring (bicyclic) bond motifs is 1. The van der Waals surface area contributed by atoms with E-state index >= 15 is 0 Å². The largest absolute Gasteiger partial charge is 0.360 e. The Morgan fingerprint density at radius 1 is 1.42 bits per heavy atom. The van der Waals surface area contributed by atoms with Crippen LogP contribution in [0, 0.1) is 11.3 Å². The molecule has 0 aliphatic heterocycles. The maximum atomic E-state index is 12.0. The number of carbonyl (C=O) groups excluding carboxylic acids is 1. The lowest BCUT2D eigenvalue weighted by Crippen LogP contribution is -2.20. The molecule has 1 amide bonds. The van der Waals surface area contributed by atoms with Crippen LogP contribution in [0.2, 0.25) is 0 Å². The van der Waals surface area contributed by atoms with Crippen molar-refractivity contribution in [3.05, 3.63) is 41.2 Å². The van der Waals surface area contributed by atoms with Crippen molar-refractivity contribution in [1.29, 1.82) is 5.26 Å². The SMILES string of the molecule is CN(C)C(=O)c1cc2cc(NC=C(C#N)c3nn[nH]n3)ccc2s1. The number of thiophene rings is 1. The van der Waals surface area contributed by atoms with E-state index in [0.717, 1.165) is 15.8 Å². The number of anilines is 1. The van der Waals surface area contributed by atoms with Crippen LogP contribution in [0.4, 0.5) is 5.69 Å². The molecule has 0 spiro atoms. The number of benzene rings is 1. The van der Waals surface area contributed by atoms with Crippen molar-refractivity contribution in [2.75, 3.05) is 19.4 Å². The number of H-pyrrole nitrogens is 1. The standard InChI is InChI=1S/C15H13N7OS/c1-22(2)15(23)13-6-9-5-11(3-4-12(9)24-13)17-8-10(7-16)14-18-20-21-19-14/h3-6,8,17H,1-2H3,(H,18,19,20,21). The van der Waals surface area contributed by atoms with Crippen LogP contribution in [0.3, 0.4) is 0 Å². The van der Waals surface area contributed by atoms with Gasteiger partial charge in [0.1, 0.15) is 11.6 Å². The molecule has 120 valence electrons. The third-order valence-corrected chi connectivity index (χ3v) is 4.33. The molecule has 0 saturated heterocycles. The van der Waals surface area contributed by atoms with Gasteiger partial charge in [-0.25, -0.2) is 0 Å². The van der Waals surface area contributed by atoms with Crippen molar-refractivity contribution in [1.82, 2.24) is 25.5 Å². The summed E-state index contributed by atoms with van der Waals surface area (Å²) in [5, 5.41) is 26.4. The highest BCUT2D eigenvalue weighted by molar-refractivity contribution is 7.20. The number of rotatable bonds is 4. The summed E-state index contributed by atoms with van der Waals surface area (Å²) in [5.74, 6) is 0.204. The molecule has 0 fully saturated rings. The fourth-order valence-corrected chi connectivity index (χ4v) is 3.10. The van der Waals surface area contributed by atoms with Gasteiger partial charge in [0.25, 0.3) is 5.91 Å². The fraction of sp³-hybridized carbons (Fsp3) is 0.133. The molecule has 9 heteroatoms. The smallest absolute Gasteiger partial charge is 0.263 e. The summed E-state index contributed by atoms with van der Waals surface area (Å²) in [6, 6.07) is 9.60. The van der Waals surface area contributed by atoms with Crippen molar-refractivity contribution < 1.29 is 4.79 Å². The van der Waals surface area contributed by atoms with Gasteiger partial charge in [0.15, 0.2) is 0 Å². The number of nitriles is 1. The van der Waals surface area contributed by atoms with Gasteiger partial charge >= 0.3 is 0 Å². The molecule has 3 aromatic rings. The van der Waals surface area contributed by atoms with Gasteiger partial charge in [-0.3, -0.25) is 4.79 Å². The first-order chi connectivity index (χ1) is 11.6. The zero-order valence-electron chi connectivity index (χ0n) is 12.9. The van der Waals surface area contributed by atoms with Gasteiger partial charge in [-0.2, -0.15) is 10.5 Å². The lowest BCUT2D eigenvalue weighted by molar-refractivity contribution is 0.0832. The van der Waals surface area contributed by atoms with E-state index in [9.17, 15) is 4.79 Å². The molecule has 24 heavy (non-hydrogen) atoms. The van der Waals surface area contributed by atoms with Crippen molar-refractivity contribution in [2.24, 2.45) is 0 Å². The molecule has 0 atom stereocenters. The van der Waals surface area contributed by atoms with Crippen LogP contribution in [-0.2, 0) is 0 Å². The van der Waals surface area contributed by atoms with Gasteiger partial charge < -0.3 is 10.2 Å². The van der Waals surface area contributed by atoms with E-state index in [-0.39, 0.29) is 17.3 Å². The maximum absolute atomic E-state index is 12.0. The van der Waals surface area contributed by atoms with Gasteiger partial charge in [-0.1, -0.05) is 0 Å². The van der Waals surface area contributed by atoms with E-state index < -0.39 is 0 Å². The summed E-state index contributed by atoms with van der Waals surface area (Å²) < 4.78 is 1.02. The molecule has 0 unspecified atom stereocenters. The highest BCUT2D eigenvalue weighted by atomic mass is 32.1. The minimum absolute atomic E-state index is 0.0190. The van der Waals surface area contributed by atoms with Crippen molar-refractivity contribution in [2.45, 2.75) is 0 Å². The second-order valence-electron chi connectivity index (χ2n) is 5.11. The molecular formula is C15H13N7OS. The zero-order chi connectivity index (χ0) is 17.1. The second kappa shape index (κ2) is 6.47. The first-order valence-electron chi connectivity index (χ1n) is 6.94. The molecule has 3 rings (SSSR count). The van der Waals surface area contributed by atoms with Crippen LogP contribution in [-0.4, -0.2) is 45.5 Å². The van der Waals surface area contributed by atoms with E-state index in [1.165, 1.54) is 17.5 Å².